The SMILES string of the molecule is CCCCCCCCCCCCCCCCCCCCCC(F)(F)C(F)(F)F. The summed E-state index contributed by atoms with van der Waals surface area (Å²) in [5, 5.41) is 0. The topological polar surface area (TPSA) is 0 Å². The molecule has 0 aliphatic heterocycles. The summed E-state index contributed by atoms with van der Waals surface area (Å²) < 4.78 is 61.5. The largest absolute Gasteiger partial charge is 0.453 e. The molecule has 170 valence electrons. The van der Waals surface area contributed by atoms with Gasteiger partial charge in [-0.3, -0.25) is 0 Å². The number of hydrogen-bond acceptors (Lipinski definition) is 0. The van der Waals surface area contributed by atoms with E-state index in [-0.39, 0.29) is 6.42 Å². The third-order valence-corrected chi connectivity index (χ3v) is 5.51. The van der Waals surface area contributed by atoms with Gasteiger partial charge in [-0.1, -0.05) is 122 Å². The van der Waals surface area contributed by atoms with E-state index in [0.29, 0.717) is 6.42 Å². The van der Waals surface area contributed by atoms with Crippen LogP contribution >= 0.6 is 0 Å². The molecule has 0 saturated heterocycles. The first-order chi connectivity index (χ1) is 13.3. The van der Waals surface area contributed by atoms with Crippen molar-refractivity contribution in [2.75, 3.05) is 0 Å². The second kappa shape index (κ2) is 17.5. The Morgan fingerprint density at radius 1 is 0.393 bits per heavy atom. The average molecular weight is 415 g/mol. The molecule has 28 heavy (non-hydrogen) atoms. The van der Waals surface area contributed by atoms with E-state index in [1.165, 1.54) is 83.5 Å². The third-order valence-electron chi connectivity index (χ3n) is 5.51. The zero-order valence-corrected chi connectivity index (χ0v) is 18.0. The van der Waals surface area contributed by atoms with Crippen molar-refractivity contribution in [1.82, 2.24) is 0 Å². The van der Waals surface area contributed by atoms with Crippen molar-refractivity contribution in [3.8, 4) is 0 Å². The molecule has 0 bridgehead atoms. The van der Waals surface area contributed by atoms with Crippen LogP contribution in [0, 0.1) is 0 Å². The maximum absolute atomic E-state index is 12.7. The number of alkyl halides is 5. The van der Waals surface area contributed by atoms with Gasteiger partial charge < -0.3 is 0 Å². The second-order valence-electron chi connectivity index (χ2n) is 8.32. The monoisotopic (exact) mass is 414 g/mol. The zero-order valence-electron chi connectivity index (χ0n) is 18.0. The first-order valence-electron chi connectivity index (χ1n) is 11.8. The van der Waals surface area contributed by atoms with Crippen LogP contribution in [0.15, 0.2) is 0 Å². The first kappa shape index (κ1) is 27.6. The van der Waals surface area contributed by atoms with Gasteiger partial charge in [0, 0.05) is 6.42 Å². The minimum atomic E-state index is -5.40. The van der Waals surface area contributed by atoms with Gasteiger partial charge in [-0.05, 0) is 6.42 Å². The van der Waals surface area contributed by atoms with Crippen molar-refractivity contribution in [2.45, 2.75) is 147 Å². The van der Waals surface area contributed by atoms with Crippen LogP contribution in [0.3, 0.4) is 0 Å². The molecule has 0 radical (unpaired) electrons. The Hall–Kier alpha value is -0.350. The molecule has 0 aliphatic carbocycles. The van der Waals surface area contributed by atoms with Crippen molar-refractivity contribution in [3.05, 3.63) is 0 Å². The lowest BCUT2D eigenvalue weighted by atomic mass is 10.0. The summed E-state index contributed by atoms with van der Waals surface area (Å²) in [5.41, 5.74) is 0. The maximum Gasteiger partial charge on any atom is 0.453 e. The van der Waals surface area contributed by atoms with Crippen molar-refractivity contribution in [3.63, 3.8) is 0 Å². The molecule has 0 aromatic heterocycles. The smallest absolute Gasteiger partial charge is 0.196 e. The van der Waals surface area contributed by atoms with Gasteiger partial charge in [0.15, 0.2) is 0 Å². The van der Waals surface area contributed by atoms with E-state index >= 15 is 0 Å². The Morgan fingerprint density at radius 2 is 0.643 bits per heavy atom. The molecule has 0 atom stereocenters. The zero-order chi connectivity index (χ0) is 21.1. The van der Waals surface area contributed by atoms with Gasteiger partial charge in [0.2, 0.25) is 0 Å². The molecular formula is C23H43F5. The Balaban J connectivity index is 3.18. The van der Waals surface area contributed by atoms with Crippen LogP contribution in [0.25, 0.3) is 0 Å². The Labute approximate surface area is 170 Å². The van der Waals surface area contributed by atoms with E-state index < -0.39 is 18.5 Å². The van der Waals surface area contributed by atoms with Crippen LogP contribution in [0.2, 0.25) is 0 Å². The number of halogens is 5. The summed E-state index contributed by atoms with van der Waals surface area (Å²) in [5.74, 6) is -4.53. The molecule has 0 aromatic carbocycles. The predicted octanol–water partition coefficient (Wildman–Crippen LogP) is 10.0. The molecule has 0 unspecified atom stereocenters. The highest BCUT2D eigenvalue weighted by Gasteiger charge is 2.56. The minimum Gasteiger partial charge on any atom is -0.196 e. The van der Waals surface area contributed by atoms with Gasteiger partial charge in [0.05, 0.1) is 0 Å². The molecule has 0 N–H and O–H groups in total. The predicted molar refractivity (Wildman–Crippen MR) is 109 cm³/mol. The molecule has 0 saturated carbocycles. The number of rotatable bonds is 20. The Kier molecular flexibility index (Phi) is 17.3. The highest BCUT2D eigenvalue weighted by molar-refractivity contribution is 4.75. The quantitative estimate of drug-likeness (QED) is 0.137. The fraction of sp³-hybridized carbons (Fsp3) is 1.00. The lowest BCUT2D eigenvalue weighted by Gasteiger charge is -2.19. The molecule has 0 aromatic rings. The molecule has 0 nitrogen and oxygen atoms in total. The van der Waals surface area contributed by atoms with Crippen molar-refractivity contribution in [2.24, 2.45) is 0 Å². The fourth-order valence-corrected chi connectivity index (χ4v) is 3.57. The summed E-state index contributed by atoms with van der Waals surface area (Å²) in [6, 6.07) is 0. The van der Waals surface area contributed by atoms with E-state index in [2.05, 4.69) is 6.92 Å². The summed E-state index contributed by atoms with van der Waals surface area (Å²) in [6.45, 7) is 2.25. The molecule has 0 amide bonds. The molecule has 0 spiro atoms. The summed E-state index contributed by atoms with van der Waals surface area (Å²) in [7, 11) is 0. The van der Waals surface area contributed by atoms with Crippen LogP contribution in [0.5, 0.6) is 0 Å². The minimum absolute atomic E-state index is 0.0503. The molecule has 0 aliphatic rings. The lowest BCUT2D eigenvalue weighted by Crippen LogP contribution is -2.36. The fourth-order valence-electron chi connectivity index (χ4n) is 3.57. The van der Waals surface area contributed by atoms with E-state index in [0.717, 1.165) is 25.7 Å². The van der Waals surface area contributed by atoms with Crippen molar-refractivity contribution in [1.29, 1.82) is 0 Å². The molecular weight excluding hydrogens is 371 g/mol. The van der Waals surface area contributed by atoms with E-state index in [9.17, 15) is 22.0 Å². The van der Waals surface area contributed by atoms with Crippen molar-refractivity contribution < 1.29 is 22.0 Å². The summed E-state index contributed by atoms with van der Waals surface area (Å²) in [4.78, 5) is 0. The normalized spacial score (nSPS) is 12.6. The summed E-state index contributed by atoms with van der Waals surface area (Å²) in [6.07, 6.45) is 15.3. The van der Waals surface area contributed by atoms with Gasteiger partial charge >= 0.3 is 12.1 Å². The van der Waals surface area contributed by atoms with Gasteiger partial charge in [0.1, 0.15) is 0 Å². The van der Waals surface area contributed by atoms with Gasteiger partial charge in [0.25, 0.3) is 0 Å². The van der Waals surface area contributed by atoms with Crippen LogP contribution in [0.4, 0.5) is 22.0 Å². The highest BCUT2D eigenvalue weighted by atomic mass is 19.4. The lowest BCUT2D eigenvalue weighted by molar-refractivity contribution is -0.284. The Morgan fingerprint density at radius 3 is 0.893 bits per heavy atom. The molecule has 0 rings (SSSR count). The molecule has 5 heteroatoms. The summed E-state index contributed by atoms with van der Waals surface area (Å²) >= 11 is 0. The number of unbranched alkanes of at least 4 members (excludes halogenated alkanes) is 18. The second-order valence-corrected chi connectivity index (χ2v) is 8.32. The van der Waals surface area contributed by atoms with Gasteiger partial charge in [-0.25, -0.2) is 0 Å². The maximum atomic E-state index is 12.7. The van der Waals surface area contributed by atoms with Crippen LogP contribution in [-0.4, -0.2) is 12.1 Å². The van der Waals surface area contributed by atoms with Crippen LogP contribution in [-0.2, 0) is 0 Å². The number of hydrogen-bond donors (Lipinski definition) is 0. The van der Waals surface area contributed by atoms with Gasteiger partial charge in [-0.15, -0.1) is 0 Å². The van der Waals surface area contributed by atoms with E-state index in [1.807, 2.05) is 0 Å². The Bertz CT molecular complexity index is 325. The van der Waals surface area contributed by atoms with E-state index in [4.69, 9.17) is 0 Å². The van der Waals surface area contributed by atoms with Crippen molar-refractivity contribution >= 4 is 0 Å². The molecule has 0 heterocycles. The molecule has 0 fully saturated rings. The highest BCUT2D eigenvalue weighted by Crippen LogP contribution is 2.39. The van der Waals surface area contributed by atoms with E-state index in [1.54, 1.807) is 0 Å². The third kappa shape index (κ3) is 16.6. The average Bonchev–Trinajstić information content (AvgIpc) is 2.62. The first-order valence-corrected chi connectivity index (χ1v) is 11.8. The standard InChI is InChI=1S/C23H43F5/c1-2-3-4-5-6-7-8-9-10-11-12-13-14-15-16-17-18-19-20-21-22(24,25)23(26,27)28/h2-21H2,1H3. The van der Waals surface area contributed by atoms with Crippen LogP contribution in [0.1, 0.15) is 135 Å². The van der Waals surface area contributed by atoms with Crippen LogP contribution < -0.4 is 0 Å². The van der Waals surface area contributed by atoms with Gasteiger partial charge in [-0.2, -0.15) is 22.0 Å².